The molecule has 4 nitrogen and oxygen atoms in total. The molecular weight excluding hydrogens is 693 g/mol. The molecule has 1 aliphatic heterocycles. The van der Waals surface area contributed by atoms with Crippen LogP contribution in [0, 0.1) is 0 Å². The Bertz CT molecular complexity index is 3080. The second-order valence-electron chi connectivity index (χ2n) is 14.6. The summed E-state index contributed by atoms with van der Waals surface area (Å²) in [6.07, 6.45) is -0.475. The lowest BCUT2D eigenvalue weighted by atomic mass is 9.99. The van der Waals surface area contributed by atoms with Crippen LogP contribution in [0.4, 0.5) is 0 Å². The average molecular weight is 729 g/mol. The van der Waals surface area contributed by atoms with Gasteiger partial charge >= 0.3 is 0 Å². The molecule has 0 saturated heterocycles. The summed E-state index contributed by atoms with van der Waals surface area (Å²) in [6, 6.07) is 73.4. The molecule has 0 saturated carbocycles. The van der Waals surface area contributed by atoms with Crippen molar-refractivity contribution in [2.45, 2.75) is 6.17 Å². The summed E-state index contributed by atoms with van der Waals surface area (Å²) >= 11 is 0. The molecule has 1 N–H and O–H groups in total. The number of hydrogen-bond donors (Lipinski definition) is 1. The van der Waals surface area contributed by atoms with Crippen LogP contribution in [0.1, 0.15) is 22.9 Å². The van der Waals surface area contributed by atoms with E-state index < -0.39 is 6.17 Å². The molecule has 0 atom stereocenters. The van der Waals surface area contributed by atoms with Gasteiger partial charge in [0.05, 0.1) is 16.7 Å². The van der Waals surface area contributed by atoms with Crippen LogP contribution in [0.5, 0.6) is 0 Å². The zero-order valence-corrected chi connectivity index (χ0v) is 31.0. The Balaban J connectivity index is 1.08. The molecule has 0 radical (unpaired) electrons. The first-order chi connectivity index (χ1) is 28.3. The monoisotopic (exact) mass is 728 g/mol. The van der Waals surface area contributed by atoms with E-state index in [2.05, 4.69) is 204 Å². The lowest BCUT2D eigenvalue weighted by Crippen LogP contribution is -2.36. The van der Waals surface area contributed by atoms with Gasteiger partial charge in [-0.3, -0.25) is 0 Å². The number of benzene rings is 9. The minimum Gasteiger partial charge on any atom is -0.324 e. The molecule has 0 spiro atoms. The van der Waals surface area contributed by atoms with E-state index in [-0.39, 0.29) is 0 Å². The molecule has 9 aromatic carbocycles. The van der Waals surface area contributed by atoms with Crippen molar-refractivity contribution in [1.82, 2.24) is 9.88 Å². The Labute approximate surface area is 330 Å². The third-order valence-corrected chi connectivity index (χ3v) is 11.3. The second kappa shape index (κ2) is 13.6. The smallest absolute Gasteiger partial charge is 0.170 e. The van der Waals surface area contributed by atoms with Crippen molar-refractivity contribution in [3.05, 3.63) is 223 Å². The maximum atomic E-state index is 5.36. The number of para-hydroxylation sites is 1. The summed E-state index contributed by atoms with van der Waals surface area (Å²) < 4.78 is 2.45. The summed E-state index contributed by atoms with van der Waals surface area (Å²) in [7, 11) is 0. The fourth-order valence-electron chi connectivity index (χ4n) is 8.50. The van der Waals surface area contributed by atoms with E-state index in [1.165, 1.54) is 43.7 Å². The summed E-state index contributed by atoms with van der Waals surface area (Å²) in [5.41, 5.74) is 11.3. The highest BCUT2D eigenvalue weighted by Crippen LogP contribution is 2.40. The zero-order chi connectivity index (χ0) is 37.7. The lowest BCUT2D eigenvalue weighted by molar-refractivity contribution is 0.762. The first-order valence-corrected chi connectivity index (χ1v) is 19.4. The van der Waals surface area contributed by atoms with Crippen molar-refractivity contribution in [2.24, 2.45) is 9.98 Å². The van der Waals surface area contributed by atoms with Crippen molar-refractivity contribution in [3.8, 4) is 27.9 Å². The van der Waals surface area contributed by atoms with Crippen molar-refractivity contribution in [3.63, 3.8) is 0 Å². The Morgan fingerprint density at radius 2 is 0.860 bits per heavy atom. The molecule has 0 aliphatic carbocycles. The number of nitrogens with one attached hydrogen (secondary N) is 1. The Morgan fingerprint density at radius 1 is 0.351 bits per heavy atom. The first kappa shape index (κ1) is 32.8. The molecule has 1 aliphatic rings. The predicted molar refractivity (Wildman–Crippen MR) is 238 cm³/mol. The standard InChI is InChI=1S/C53H36N4/c1-3-13-35(14-4-1)37-25-29-40(30-26-37)51-54-52(41-31-27-38(28-32-41)36-15-5-2-6-16-36)56-53(55-51)47-22-11-21-44-43(47)20-12-24-49(44)57-48-23-10-9-19-45(48)46-34-33-39-17-7-8-18-42(39)50(46)57/h1-34,53H,(H,54,55,56). The van der Waals surface area contributed by atoms with Gasteiger partial charge in [-0.25, -0.2) is 9.98 Å². The molecule has 57 heavy (non-hydrogen) atoms. The van der Waals surface area contributed by atoms with Crippen LogP contribution in [-0.2, 0) is 0 Å². The van der Waals surface area contributed by atoms with E-state index in [1.54, 1.807) is 0 Å². The van der Waals surface area contributed by atoms with E-state index in [4.69, 9.17) is 9.98 Å². The normalized spacial score (nSPS) is 13.2. The fraction of sp³-hybridized carbons (Fsp3) is 0.0189. The Kier molecular flexibility index (Phi) is 7.85. The van der Waals surface area contributed by atoms with Crippen molar-refractivity contribution in [2.75, 3.05) is 0 Å². The third-order valence-electron chi connectivity index (χ3n) is 11.3. The summed E-state index contributed by atoms with van der Waals surface area (Å²) in [5.74, 6) is 1.58. The van der Waals surface area contributed by atoms with E-state index in [9.17, 15) is 0 Å². The van der Waals surface area contributed by atoms with Crippen molar-refractivity contribution < 1.29 is 0 Å². The second-order valence-corrected chi connectivity index (χ2v) is 14.6. The molecule has 0 unspecified atom stereocenters. The maximum Gasteiger partial charge on any atom is 0.170 e. The first-order valence-electron chi connectivity index (χ1n) is 19.4. The van der Waals surface area contributed by atoms with Gasteiger partial charge in [-0.2, -0.15) is 0 Å². The van der Waals surface area contributed by atoms with Crippen molar-refractivity contribution >= 4 is 55.0 Å². The topological polar surface area (TPSA) is 41.7 Å². The van der Waals surface area contributed by atoms with Gasteiger partial charge in [0.2, 0.25) is 0 Å². The number of fused-ring (bicyclic) bond motifs is 6. The van der Waals surface area contributed by atoms with Crippen LogP contribution in [-0.4, -0.2) is 16.2 Å². The van der Waals surface area contributed by atoms with Gasteiger partial charge in [-0.1, -0.05) is 194 Å². The van der Waals surface area contributed by atoms with Gasteiger partial charge in [0.15, 0.2) is 6.17 Å². The minimum absolute atomic E-state index is 0.475. The molecular formula is C53H36N4. The maximum absolute atomic E-state index is 5.36. The van der Waals surface area contributed by atoms with Crippen molar-refractivity contribution in [1.29, 1.82) is 0 Å². The summed E-state index contributed by atoms with van der Waals surface area (Å²) in [4.78, 5) is 10.7. The van der Waals surface area contributed by atoms with Gasteiger partial charge in [0.1, 0.15) is 11.7 Å². The number of nitrogens with zero attached hydrogens (tertiary/aromatic N) is 3. The van der Waals surface area contributed by atoms with Crippen LogP contribution in [0.25, 0.3) is 71.3 Å². The molecule has 2 heterocycles. The molecule has 0 fully saturated rings. The predicted octanol–water partition coefficient (Wildman–Crippen LogP) is 12.9. The Morgan fingerprint density at radius 3 is 1.53 bits per heavy atom. The number of aromatic nitrogens is 1. The molecule has 10 aromatic rings. The van der Waals surface area contributed by atoms with Gasteiger partial charge < -0.3 is 9.88 Å². The van der Waals surface area contributed by atoms with Gasteiger partial charge in [0.25, 0.3) is 0 Å². The zero-order valence-electron chi connectivity index (χ0n) is 31.0. The van der Waals surface area contributed by atoms with Gasteiger partial charge in [-0.15, -0.1) is 0 Å². The average Bonchev–Trinajstić information content (AvgIpc) is 3.64. The molecule has 11 rings (SSSR count). The van der Waals surface area contributed by atoms with Crippen LogP contribution >= 0.6 is 0 Å². The quantitative estimate of drug-likeness (QED) is 0.182. The number of rotatable bonds is 6. The van der Waals surface area contributed by atoms with Gasteiger partial charge in [0, 0.05) is 38.2 Å². The van der Waals surface area contributed by atoms with E-state index in [0.29, 0.717) is 0 Å². The summed E-state index contributed by atoms with van der Waals surface area (Å²) in [6.45, 7) is 0. The Hall–Kier alpha value is -7.56. The minimum atomic E-state index is -0.475. The van der Waals surface area contributed by atoms with E-state index >= 15 is 0 Å². The summed E-state index contributed by atoms with van der Waals surface area (Å²) in [5, 5.41) is 10.9. The highest BCUT2D eigenvalue weighted by molar-refractivity contribution is 6.19. The van der Waals surface area contributed by atoms with Gasteiger partial charge in [-0.05, 0) is 45.2 Å². The lowest BCUT2D eigenvalue weighted by Gasteiger charge is -2.24. The highest BCUT2D eigenvalue weighted by atomic mass is 15.2. The SMILES string of the molecule is c1ccc(-c2ccc(C3=NC(c4cccc5c(-n6c7ccccc7c7ccc8ccccc8c76)cccc45)N=C(c4ccc(-c5ccccc5)cc4)N3)cc2)cc1. The van der Waals surface area contributed by atoms with Crippen LogP contribution in [0.3, 0.4) is 0 Å². The fourth-order valence-corrected chi connectivity index (χ4v) is 8.50. The van der Waals surface area contributed by atoms with E-state index in [1.807, 2.05) is 12.1 Å². The molecule has 1 aromatic heterocycles. The largest absolute Gasteiger partial charge is 0.324 e. The molecule has 268 valence electrons. The number of aliphatic imine (C=N–C) groups is 2. The molecule has 0 amide bonds. The van der Waals surface area contributed by atoms with Crippen LogP contribution in [0.15, 0.2) is 216 Å². The highest BCUT2D eigenvalue weighted by Gasteiger charge is 2.24. The number of amidine groups is 2. The van der Waals surface area contributed by atoms with E-state index in [0.717, 1.165) is 55.9 Å². The molecule has 0 bridgehead atoms. The van der Waals surface area contributed by atoms with Crippen LogP contribution in [0.2, 0.25) is 0 Å². The molecule has 4 heteroatoms. The number of hydrogen-bond acceptors (Lipinski definition) is 3. The third kappa shape index (κ3) is 5.70. The van der Waals surface area contributed by atoms with Crippen LogP contribution < -0.4 is 5.32 Å².